The van der Waals surface area contributed by atoms with Crippen molar-refractivity contribution >= 4 is 22.9 Å². The van der Waals surface area contributed by atoms with Crippen molar-refractivity contribution < 1.29 is 14.5 Å². The molecule has 0 fully saturated rings. The predicted molar refractivity (Wildman–Crippen MR) is 74.5 cm³/mol. The van der Waals surface area contributed by atoms with E-state index in [0.29, 0.717) is 10.6 Å². The average molecular weight is 292 g/mol. The number of aryl methyl sites for hydroxylation is 2. The van der Waals surface area contributed by atoms with Crippen LogP contribution >= 0.6 is 11.3 Å². The molecule has 0 radical (unpaired) electrons. The van der Waals surface area contributed by atoms with Gasteiger partial charge >= 0.3 is 5.82 Å². The summed E-state index contributed by atoms with van der Waals surface area (Å²) < 4.78 is 5.23. The molecule has 0 atom stereocenters. The third-order valence-electron chi connectivity index (χ3n) is 2.53. The van der Waals surface area contributed by atoms with Crippen molar-refractivity contribution in [2.45, 2.75) is 13.8 Å². The number of carbonyl (C=O) groups is 1. The minimum atomic E-state index is -0.623. The molecule has 2 rings (SSSR count). The van der Waals surface area contributed by atoms with Crippen LogP contribution in [0.2, 0.25) is 0 Å². The number of hydrogen-bond acceptors (Lipinski definition) is 6. The maximum atomic E-state index is 11.9. The zero-order valence-corrected chi connectivity index (χ0v) is 11.8. The Morgan fingerprint density at radius 2 is 2.10 bits per heavy atom. The van der Waals surface area contributed by atoms with Gasteiger partial charge in [-0.15, -0.1) is 11.3 Å². The smallest absolute Gasteiger partial charge is 0.406 e. The number of carbonyl (C=O) groups excluding carboxylic acids is 1. The van der Waals surface area contributed by atoms with Gasteiger partial charge < -0.3 is 14.9 Å². The number of hydrogen-bond donors (Lipinski definition) is 0. The van der Waals surface area contributed by atoms with Crippen LogP contribution in [0, 0.1) is 24.0 Å². The number of pyridine rings is 1. The second kappa shape index (κ2) is 5.79. The lowest BCUT2D eigenvalue weighted by Crippen LogP contribution is -2.11. The summed E-state index contributed by atoms with van der Waals surface area (Å²) in [5.74, 6) is -0.583. The fourth-order valence-corrected chi connectivity index (χ4v) is 2.36. The van der Waals surface area contributed by atoms with Gasteiger partial charge in [-0.1, -0.05) is 0 Å². The molecule has 0 aliphatic rings. The highest BCUT2D eigenvalue weighted by Crippen LogP contribution is 2.25. The van der Waals surface area contributed by atoms with Crippen molar-refractivity contribution in [3.63, 3.8) is 0 Å². The van der Waals surface area contributed by atoms with E-state index in [-0.39, 0.29) is 24.0 Å². The normalized spacial score (nSPS) is 10.3. The van der Waals surface area contributed by atoms with Crippen LogP contribution < -0.4 is 4.74 Å². The first-order chi connectivity index (χ1) is 9.47. The maximum Gasteiger partial charge on any atom is 0.406 e. The summed E-state index contributed by atoms with van der Waals surface area (Å²) in [6, 6.07) is 6.61. The van der Waals surface area contributed by atoms with Gasteiger partial charge in [0, 0.05) is 11.8 Å². The molecule has 104 valence electrons. The Kier molecular flexibility index (Phi) is 4.09. The number of ketones is 1. The SMILES string of the molecule is Cc1ccc(OCC(=O)c2ccc(C)s2)c([N+](=O)[O-])n1. The van der Waals surface area contributed by atoms with Crippen molar-refractivity contribution in [1.29, 1.82) is 0 Å². The van der Waals surface area contributed by atoms with Crippen LogP contribution in [0.25, 0.3) is 0 Å². The molecule has 0 spiro atoms. The van der Waals surface area contributed by atoms with Crippen molar-refractivity contribution in [1.82, 2.24) is 4.98 Å². The minimum Gasteiger partial charge on any atom is -0.477 e. The van der Waals surface area contributed by atoms with E-state index in [1.165, 1.54) is 17.4 Å². The number of aromatic nitrogens is 1. The molecule has 0 amide bonds. The van der Waals surface area contributed by atoms with Gasteiger partial charge in [0.2, 0.25) is 11.5 Å². The lowest BCUT2D eigenvalue weighted by atomic mass is 10.3. The summed E-state index contributed by atoms with van der Waals surface area (Å²) in [7, 11) is 0. The van der Waals surface area contributed by atoms with Crippen LogP contribution in [-0.4, -0.2) is 22.3 Å². The van der Waals surface area contributed by atoms with Crippen LogP contribution in [0.3, 0.4) is 0 Å². The van der Waals surface area contributed by atoms with Crippen LogP contribution in [-0.2, 0) is 0 Å². The van der Waals surface area contributed by atoms with E-state index in [1.807, 2.05) is 13.0 Å². The van der Waals surface area contributed by atoms with Crippen molar-refractivity contribution in [3.05, 3.63) is 49.8 Å². The summed E-state index contributed by atoms with van der Waals surface area (Å²) in [4.78, 5) is 27.5. The van der Waals surface area contributed by atoms with E-state index in [0.717, 1.165) is 4.88 Å². The standard InChI is InChI=1S/C13H12N2O4S/c1-8-3-5-11(13(14-8)15(17)18)19-7-10(16)12-6-4-9(2)20-12/h3-6H,7H2,1-2H3. The van der Waals surface area contributed by atoms with Crippen LogP contribution in [0.4, 0.5) is 5.82 Å². The summed E-state index contributed by atoms with van der Waals surface area (Å²) >= 11 is 1.36. The van der Waals surface area contributed by atoms with Crippen LogP contribution in [0.5, 0.6) is 5.75 Å². The molecule has 2 aromatic rings. The van der Waals surface area contributed by atoms with E-state index in [9.17, 15) is 14.9 Å². The summed E-state index contributed by atoms with van der Waals surface area (Å²) in [6.45, 7) is 3.30. The summed E-state index contributed by atoms with van der Waals surface area (Å²) in [6.07, 6.45) is 0. The highest BCUT2D eigenvalue weighted by molar-refractivity contribution is 7.14. The topological polar surface area (TPSA) is 82.3 Å². The highest BCUT2D eigenvalue weighted by Gasteiger charge is 2.19. The average Bonchev–Trinajstić information content (AvgIpc) is 2.83. The number of ether oxygens (including phenoxy) is 1. The third-order valence-corrected chi connectivity index (χ3v) is 3.57. The number of Topliss-reactive ketones (excluding diaryl/α,β-unsaturated/α-hetero) is 1. The van der Waals surface area contributed by atoms with E-state index < -0.39 is 4.92 Å². The molecule has 0 aliphatic heterocycles. The molecule has 2 aromatic heterocycles. The molecule has 2 heterocycles. The Morgan fingerprint density at radius 1 is 1.35 bits per heavy atom. The van der Waals surface area contributed by atoms with Gasteiger partial charge in [0.05, 0.1) is 4.88 Å². The number of rotatable bonds is 5. The predicted octanol–water partition coefficient (Wildman–Crippen LogP) is 2.93. The first kappa shape index (κ1) is 14.1. The number of nitro groups is 1. The molecule has 7 heteroatoms. The lowest BCUT2D eigenvalue weighted by molar-refractivity contribution is -0.390. The zero-order valence-electron chi connectivity index (χ0n) is 11.0. The Morgan fingerprint density at radius 3 is 2.70 bits per heavy atom. The largest absolute Gasteiger partial charge is 0.477 e. The van der Waals surface area contributed by atoms with E-state index in [1.54, 1.807) is 19.1 Å². The first-order valence-corrected chi connectivity index (χ1v) is 6.63. The third kappa shape index (κ3) is 3.18. The number of thiophene rings is 1. The second-order valence-electron chi connectivity index (χ2n) is 4.15. The molecule has 20 heavy (non-hydrogen) atoms. The summed E-state index contributed by atoms with van der Waals surface area (Å²) in [5, 5.41) is 10.9. The van der Waals surface area contributed by atoms with Gasteiger partial charge in [-0.05, 0) is 41.1 Å². The van der Waals surface area contributed by atoms with Gasteiger partial charge in [-0.25, -0.2) is 0 Å². The molecule has 0 saturated heterocycles. The first-order valence-electron chi connectivity index (χ1n) is 5.82. The van der Waals surface area contributed by atoms with Gasteiger partial charge in [0.1, 0.15) is 5.69 Å². The second-order valence-corrected chi connectivity index (χ2v) is 5.44. The van der Waals surface area contributed by atoms with Gasteiger partial charge in [-0.2, -0.15) is 0 Å². The molecule has 0 unspecified atom stereocenters. The van der Waals surface area contributed by atoms with Crippen molar-refractivity contribution in [3.8, 4) is 5.75 Å². The highest BCUT2D eigenvalue weighted by atomic mass is 32.1. The fourth-order valence-electron chi connectivity index (χ4n) is 1.57. The van der Waals surface area contributed by atoms with Crippen molar-refractivity contribution in [2.24, 2.45) is 0 Å². The molecule has 0 aliphatic carbocycles. The molecule has 0 N–H and O–H groups in total. The monoisotopic (exact) mass is 292 g/mol. The molecule has 6 nitrogen and oxygen atoms in total. The zero-order chi connectivity index (χ0) is 14.7. The molecule has 0 aromatic carbocycles. The quantitative estimate of drug-likeness (QED) is 0.480. The molecule has 0 saturated carbocycles. The Bertz CT molecular complexity index is 666. The Hall–Kier alpha value is -2.28. The van der Waals surface area contributed by atoms with Crippen LogP contribution in [0.15, 0.2) is 24.3 Å². The van der Waals surface area contributed by atoms with Crippen molar-refractivity contribution in [2.75, 3.05) is 6.61 Å². The van der Waals surface area contributed by atoms with E-state index in [4.69, 9.17) is 4.74 Å². The molecule has 0 bridgehead atoms. The minimum absolute atomic E-state index is 0.00206. The lowest BCUT2D eigenvalue weighted by Gasteiger charge is -2.05. The van der Waals surface area contributed by atoms with Gasteiger partial charge in [0.25, 0.3) is 0 Å². The molecular weight excluding hydrogens is 280 g/mol. The van der Waals surface area contributed by atoms with Crippen LogP contribution in [0.1, 0.15) is 20.2 Å². The number of nitrogens with zero attached hydrogens (tertiary/aromatic N) is 2. The fraction of sp³-hybridized carbons (Fsp3) is 0.231. The summed E-state index contributed by atoms with van der Waals surface area (Å²) in [5.41, 5.74) is 0.518. The van der Waals surface area contributed by atoms with Gasteiger partial charge in [0.15, 0.2) is 6.61 Å². The van der Waals surface area contributed by atoms with Gasteiger partial charge in [-0.3, -0.25) is 4.79 Å². The Labute approximate surface area is 119 Å². The van der Waals surface area contributed by atoms with E-state index >= 15 is 0 Å². The maximum absolute atomic E-state index is 11.9. The van der Waals surface area contributed by atoms with E-state index in [2.05, 4.69) is 4.98 Å². The Balaban J connectivity index is 2.11. The molecular formula is C13H12N2O4S.